The molecule has 2 N–H and O–H groups in total. The van der Waals surface area contributed by atoms with Gasteiger partial charge in [-0.05, 0) is 23.5 Å². The van der Waals surface area contributed by atoms with E-state index in [-0.39, 0.29) is 13.0 Å². The zero-order chi connectivity index (χ0) is 22.9. The van der Waals surface area contributed by atoms with Gasteiger partial charge in [0.05, 0.1) is 0 Å². The quantitative estimate of drug-likeness (QED) is 0.527. The fourth-order valence-electron chi connectivity index (χ4n) is 3.23. The lowest BCUT2D eigenvalue weighted by atomic mass is 9.94. The Balaban J connectivity index is 2.13. The van der Waals surface area contributed by atoms with E-state index in [0.29, 0.717) is 18.4 Å². The van der Waals surface area contributed by atoms with Crippen molar-refractivity contribution >= 4 is 11.9 Å². The molecule has 0 aromatic heterocycles. The number of benzene rings is 2. The van der Waals surface area contributed by atoms with Crippen LogP contribution in [0.2, 0.25) is 0 Å². The summed E-state index contributed by atoms with van der Waals surface area (Å²) in [6, 6.07) is 16.3. The SMILES string of the molecule is CCC[C@H](C)C(O)C(F)(F)C(=O)N[C@@H](Cc1ccccc1)C(=O)OCc1ccccc1. The van der Waals surface area contributed by atoms with E-state index < -0.39 is 35.9 Å². The number of hydrogen-bond donors (Lipinski definition) is 2. The number of amides is 1. The van der Waals surface area contributed by atoms with E-state index in [1.165, 1.54) is 6.92 Å². The van der Waals surface area contributed by atoms with E-state index in [0.717, 1.165) is 5.56 Å². The summed E-state index contributed by atoms with van der Waals surface area (Å²) in [6.45, 7) is 3.22. The number of rotatable bonds is 11. The largest absolute Gasteiger partial charge is 0.459 e. The van der Waals surface area contributed by atoms with Crippen LogP contribution in [-0.2, 0) is 27.4 Å². The van der Waals surface area contributed by atoms with Gasteiger partial charge in [-0.3, -0.25) is 4.79 Å². The molecule has 0 aliphatic heterocycles. The Bertz CT molecular complexity index is 830. The van der Waals surface area contributed by atoms with Crippen LogP contribution in [0.3, 0.4) is 0 Å². The lowest BCUT2D eigenvalue weighted by molar-refractivity contribution is -0.172. The van der Waals surface area contributed by atoms with Crippen LogP contribution in [0.4, 0.5) is 8.78 Å². The normalized spacial score (nSPS) is 14.4. The number of ether oxygens (including phenoxy) is 1. The second kappa shape index (κ2) is 11.6. The summed E-state index contributed by atoms with van der Waals surface area (Å²) in [5.41, 5.74) is 1.41. The maximum absolute atomic E-state index is 14.6. The number of nitrogens with one attached hydrogen (secondary N) is 1. The molecule has 3 atom stereocenters. The molecule has 0 bridgehead atoms. The molecule has 2 aromatic rings. The van der Waals surface area contributed by atoms with E-state index in [1.54, 1.807) is 61.5 Å². The number of hydrogen-bond acceptors (Lipinski definition) is 4. The number of carbonyl (C=O) groups excluding carboxylic acids is 2. The Labute approximate surface area is 181 Å². The molecule has 168 valence electrons. The minimum absolute atomic E-state index is 0.0170. The Kier molecular flexibility index (Phi) is 9.12. The van der Waals surface area contributed by atoms with E-state index >= 15 is 0 Å². The van der Waals surface area contributed by atoms with Crippen LogP contribution in [0.5, 0.6) is 0 Å². The highest BCUT2D eigenvalue weighted by atomic mass is 19.3. The molecule has 0 heterocycles. The van der Waals surface area contributed by atoms with Crippen molar-refractivity contribution in [2.45, 2.75) is 57.8 Å². The summed E-state index contributed by atoms with van der Waals surface area (Å²) < 4.78 is 34.4. The molecule has 2 rings (SSSR count). The fraction of sp³-hybridized carbons (Fsp3) is 0.417. The minimum Gasteiger partial charge on any atom is -0.459 e. The zero-order valence-electron chi connectivity index (χ0n) is 17.8. The van der Waals surface area contributed by atoms with Gasteiger partial charge in [-0.15, -0.1) is 0 Å². The molecule has 0 aliphatic carbocycles. The van der Waals surface area contributed by atoms with Gasteiger partial charge >= 0.3 is 11.9 Å². The van der Waals surface area contributed by atoms with Gasteiger partial charge in [0, 0.05) is 6.42 Å². The summed E-state index contributed by atoms with van der Waals surface area (Å²) >= 11 is 0. The highest BCUT2D eigenvalue weighted by Gasteiger charge is 2.49. The summed E-state index contributed by atoms with van der Waals surface area (Å²) in [4.78, 5) is 25.0. The van der Waals surface area contributed by atoms with Gasteiger partial charge in [0.2, 0.25) is 0 Å². The van der Waals surface area contributed by atoms with Gasteiger partial charge in [-0.1, -0.05) is 80.9 Å². The standard InChI is InChI=1S/C24H29F2NO4/c1-3-10-17(2)21(28)24(25,26)23(30)27-20(15-18-11-6-4-7-12-18)22(29)31-16-19-13-8-5-9-14-19/h4-9,11-14,17,20-21,28H,3,10,15-16H2,1-2H3,(H,27,30)/t17-,20-,21?/m0/s1. The van der Waals surface area contributed by atoms with Gasteiger partial charge in [-0.25, -0.2) is 4.79 Å². The molecule has 5 nitrogen and oxygen atoms in total. The van der Waals surface area contributed by atoms with Crippen LogP contribution in [0, 0.1) is 5.92 Å². The van der Waals surface area contributed by atoms with Crippen LogP contribution < -0.4 is 5.32 Å². The lowest BCUT2D eigenvalue weighted by Crippen LogP contribution is -2.55. The number of carbonyl (C=O) groups is 2. The number of aliphatic hydroxyl groups excluding tert-OH is 1. The van der Waals surface area contributed by atoms with Gasteiger partial charge < -0.3 is 15.2 Å². The average Bonchev–Trinajstić information content (AvgIpc) is 2.77. The van der Waals surface area contributed by atoms with Crippen molar-refractivity contribution in [3.8, 4) is 0 Å². The van der Waals surface area contributed by atoms with Crippen molar-refractivity contribution in [3.05, 3.63) is 71.8 Å². The number of alkyl halides is 2. The Morgan fingerprint density at radius 1 is 1.03 bits per heavy atom. The predicted octanol–water partition coefficient (Wildman–Crippen LogP) is 3.89. The maximum atomic E-state index is 14.6. The van der Waals surface area contributed by atoms with Gasteiger partial charge in [0.1, 0.15) is 18.8 Å². The number of halogens is 2. The third-order valence-corrected chi connectivity index (χ3v) is 5.05. The summed E-state index contributed by atoms with van der Waals surface area (Å²) in [5.74, 6) is -7.33. The molecule has 31 heavy (non-hydrogen) atoms. The second-order valence-corrected chi connectivity index (χ2v) is 7.64. The topological polar surface area (TPSA) is 75.6 Å². The van der Waals surface area contributed by atoms with Crippen molar-refractivity contribution in [2.24, 2.45) is 5.92 Å². The molecule has 7 heteroatoms. The molecule has 0 aliphatic rings. The molecule has 0 fully saturated rings. The van der Waals surface area contributed by atoms with Gasteiger partial charge in [0.25, 0.3) is 5.91 Å². The molecule has 0 radical (unpaired) electrons. The van der Waals surface area contributed by atoms with Crippen LogP contribution >= 0.6 is 0 Å². The smallest absolute Gasteiger partial charge is 0.349 e. The summed E-state index contributed by atoms with van der Waals surface area (Å²) in [6.07, 6.45) is -1.23. The van der Waals surface area contributed by atoms with Crippen LogP contribution in [0.15, 0.2) is 60.7 Å². The molecule has 2 aromatic carbocycles. The summed E-state index contributed by atoms with van der Waals surface area (Å²) in [7, 11) is 0. The average molecular weight is 433 g/mol. The zero-order valence-corrected chi connectivity index (χ0v) is 17.8. The van der Waals surface area contributed by atoms with Crippen molar-refractivity contribution in [2.75, 3.05) is 0 Å². The molecule has 1 amide bonds. The molecule has 0 saturated heterocycles. The van der Waals surface area contributed by atoms with Crippen LogP contribution in [-0.4, -0.2) is 35.1 Å². The van der Waals surface area contributed by atoms with E-state index in [2.05, 4.69) is 5.32 Å². The first-order chi connectivity index (χ1) is 14.8. The molecule has 1 unspecified atom stereocenters. The van der Waals surface area contributed by atoms with Gasteiger partial charge in [-0.2, -0.15) is 8.78 Å². The van der Waals surface area contributed by atoms with Crippen LogP contribution in [0.25, 0.3) is 0 Å². The summed E-state index contributed by atoms with van der Waals surface area (Å²) in [5, 5.41) is 12.1. The Hall–Kier alpha value is -2.80. The maximum Gasteiger partial charge on any atom is 0.349 e. The van der Waals surface area contributed by atoms with Crippen molar-refractivity contribution < 1.29 is 28.2 Å². The third-order valence-electron chi connectivity index (χ3n) is 5.05. The molecular formula is C24H29F2NO4. The van der Waals surface area contributed by atoms with Crippen molar-refractivity contribution in [1.29, 1.82) is 0 Å². The van der Waals surface area contributed by atoms with Gasteiger partial charge in [0.15, 0.2) is 0 Å². The lowest BCUT2D eigenvalue weighted by Gasteiger charge is -2.28. The minimum atomic E-state index is -4.04. The number of esters is 1. The van der Waals surface area contributed by atoms with E-state index in [4.69, 9.17) is 4.74 Å². The highest BCUT2D eigenvalue weighted by Crippen LogP contribution is 2.27. The first kappa shape index (κ1) is 24.5. The number of aliphatic hydroxyl groups is 1. The third kappa shape index (κ3) is 7.14. The first-order valence-electron chi connectivity index (χ1n) is 10.4. The Morgan fingerprint density at radius 3 is 2.13 bits per heavy atom. The highest BCUT2D eigenvalue weighted by molar-refractivity contribution is 5.89. The predicted molar refractivity (Wildman–Crippen MR) is 113 cm³/mol. The van der Waals surface area contributed by atoms with E-state index in [1.807, 2.05) is 6.07 Å². The molecule has 0 saturated carbocycles. The van der Waals surface area contributed by atoms with Crippen molar-refractivity contribution in [3.63, 3.8) is 0 Å². The van der Waals surface area contributed by atoms with E-state index in [9.17, 15) is 23.5 Å². The second-order valence-electron chi connectivity index (χ2n) is 7.64. The van der Waals surface area contributed by atoms with Crippen LogP contribution in [0.1, 0.15) is 37.8 Å². The molecule has 0 spiro atoms. The Morgan fingerprint density at radius 2 is 1.58 bits per heavy atom. The first-order valence-corrected chi connectivity index (χ1v) is 10.4. The molecular weight excluding hydrogens is 404 g/mol. The fourth-order valence-corrected chi connectivity index (χ4v) is 3.23. The van der Waals surface area contributed by atoms with Crippen molar-refractivity contribution in [1.82, 2.24) is 5.32 Å². The monoisotopic (exact) mass is 433 g/mol.